The van der Waals surface area contributed by atoms with Gasteiger partial charge in [-0.05, 0) is 36.1 Å². The Balaban J connectivity index is 2.22. The Morgan fingerprint density at radius 2 is 1.84 bits per heavy atom. The van der Waals surface area contributed by atoms with Gasteiger partial charge < -0.3 is 4.42 Å². The second kappa shape index (κ2) is 6.77. The quantitative estimate of drug-likeness (QED) is 0.395. The Kier molecular flexibility index (Phi) is 4.84. The number of alkyl halides is 3. The maximum absolute atomic E-state index is 13.3. The Labute approximate surface area is 150 Å². The fraction of sp³-hybridized carbons (Fsp3) is 0.167. The molecular formula is C18H12ClF3O2S. The van der Waals surface area contributed by atoms with E-state index in [0.29, 0.717) is 11.0 Å². The van der Waals surface area contributed by atoms with Crippen molar-refractivity contribution in [2.45, 2.75) is 18.0 Å². The molecule has 0 spiro atoms. The molecule has 3 aromatic rings. The lowest BCUT2D eigenvalue weighted by Crippen LogP contribution is -2.11. The monoisotopic (exact) mass is 384 g/mol. The molecule has 0 radical (unpaired) electrons. The molecule has 0 aliphatic heterocycles. The Hall–Kier alpha value is -1.92. The maximum Gasteiger partial charge on any atom is 0.417 e. The van der Waals surface area contributed by atoms with Gasteiger partial charge in [-0.25, -0.2) is 4.79 Å². The van der Waals surface area contributed by atoms with Crippen molar-refractivity contribution in [3.63, 3.8) is 0 Å². The molecule has 0 saturated heterocycles. The van der Waals surface area contributed by atoms with Gasteiger partial charge in [-0.2, -0.15) is 13.2 Å². The van der Waals surface area contributed by atoms with Crippen molar-refractivity contribution in [1.82, 2.24) is 0 Å². The van der Waals surface area contributed by atoms with E-state index in [4.69, 9.17) is 16.0 Å². The second-order valence-corrected chi connectivity index (χ2v) is 7.04. The predicted molar refractivity (Wildman–Crippen MR) is 94.3 cm³/mol. The van der Waals surface area contributed by atoms with Crippen LogP contribution < -0.4 is 5.63 Å². The highest BCUT2D eigenvalue weighted by Gasteiger charge is 2.34. The third kappa shape index (κ3) is 3.70. The van der Waals surface area contributed by atoms with Crippen LogP contribution in [0.1, 0.15) is 12.5 Å². The number of thioether (sulfide) groups is 1. The van der Waals surface area contributed by atoms with Gasteiger partial charge in [0, 0.05) is 20.9 Å². The van der Waals surface area contributed by atoms with E-state index in [9.17, 15) is 18.0 Å². The van der Waals surface area contributed by atoms with E-state index in [1.807, 2.05) is 13.0 Å². The standard InChI is InChI=1S/C18H12ClF3O2S/c1-2-25-12-5-3-10-7-14(17(23)24-16(10)9-12)13-6-4-11(19)8-15(13)18(20,21)22/h3-9H,2H2,1H3. The largest absolute Gasteiger partial charge is 0.422 e. The van der Waals surface area contributed by atoms with E-state index in [0.717, 1.165) is 16.7 Å². The molecule has 0 fully saturated rings. The molecule has 7 heteroatoms. The van der Waals surface area contributed by atoms with Crippen molar-refractivity contribution in [2.75, 3.05) is 5.75 Å². The van der Waals surface area contributed by atoms with Gasteiger partial charge in [0.25, 0.3) is 0 Å². The number of hydrogen-bond donors (Lipinski definition) is 0. The number of halogens is 4. The summed E-state index contributed by atoms with van der Waals surface area (Å²) in [7, 11) is 0. The minimum absolute atomic E-state index is 0.0533. The van der Waals surface area contributed by atoms with E-state index < -0.39 is 17.4 Å². The van der Waals surface area contributed by atoms with E-state index in [2.05, 4.69) is 0 Å². The minimum Gasteiger partial charge on any atom is -0.422 e. The maximum atomic E-state index is 13.3. The van der Waals surface area contributed by atoms with Crippen molar-refractivity contribution in [2.24, 2.45) is 0 Å². The van der Waals surface area contributed by atoms with Gasteiger partial charge in [0.15, 0.2) is 0 Å². The topological polar surface area (TPSA) is 30.2 Å². The molecule has 25 heavy (non-hydrogen) atoms. The zero-order valence-electron chi connectivity index (χ0n) is 13.0. The van der Waals surface area contributed by atoms with E-state index >= 15 is 0 Å². The van der Waals surface area contributed by atoms with Crippen LogP contribution in [0.15, 0.2) is 56.6 Å². The zero-order valence-corrected chi connectivity index (χ0v) is 14.6. The van der Waals surface area contributed by atoms with Gasteiger partial charge >= 0.3 is 11.8 Å². The first-order chi connectivity index (χ1) is 11.8. The Bertz CT molecular complexity index is 996. The van der Waals surface area contributed by atoms with E-state index in [1.54, 1.807) is 23.9 Å². The van der Waals surface area contributed by atoms with Crippen molar-refractivity contribution < 1.29 is 17.6 Å². The van der Waals surface area contributed by atoms with Crippen LogP contribution in [0.5, 0.6) is 0 Å². The lowest BCUT2D eigenvalue weighted by molar-refractivity contribution is -0.137. The summed E-state index contributed by atoms with van der Waals surface area (Å²) in [6.07, 6.45) is -4.64. The number of benzene rings is 2. The summed E-state index contributed by atoms with van der Waals surface area (Å²) < 4.78 is 45.2. The molecule has 0 atom stereocenters. The van der Waals surface area contributed by atoms with Crippen LogP contribution in [0.3, 0.4) is 0 Å². The zero-order chi connectivity index (χ0) is 18.2. The second-order valence-electron chi connectivity index (χ2n) is 5.27. The molecule has 0 unspecified atom stereocenters. The van der Waals surface area contributed by atoms with Crippen LogP contribution in [0.2, 0.25) is 5.02 Å². The van der Waals surface area contributed by atoms with Crippen molar-refractivity contribution in [3.8, 4) is 11.1 Å². The SMILES string of the molecule is CCSc1ccc2cc(-c3ccc(Cl)cc3C(F)(F)F)c(=O)oc2c1. The first kappa shape index (κ1) is 17.9. The van der Waals surface area contributed by atoms with Crippen LogP contribution in [0, 0.1) is 0 Å². The molecule has 130 valence electrons. The normalized spacial score (nSPS) is 11.9. The Morgan fingerprint density at radius 1 is 1.08 bits per heavy atom. The fourth-order valence-electron chi connectivity index (χ4n) is 2.52. The minimum atomic E-state index is -4.64. The average Bonchev–Trinajstić information content (AvgIpc) is 2.54. The number of rotatable bonds is 3. The number of fused-ring (bicyclic) bond motifs is 1. The molecule has 2 aromatic carbocycles. The first-order valence-corrected chi connectivity index (χ1v) is 8.74. The van der Waals surface area contributed by atoms with Gasteiger partial charge in [-0.3, -0.25) is 0 Å². The highest BCUT2D eigenvalue weighted by atomic mass is 35.5. The summed E-state index contributed by atoms with van der Waals surface area (Å²) in [4.78, 5) is 13.2. The first-order valence-electron chi connectivity index (χ1n) is 7.37. The smallest absolute Gasteiger partial charge is 0.417 e. The third-order valence-electron chi connectivity index (χ3n) is 3.60. The molecule has 0 amide bonds. The summed E-state index contributed by atoms with van der Waals surface area (Å²) in [5.41, 5.74) is -1.84. The molecular weight excluding hydrogens is 373 g/mol. The van der Waals surface area contributed by atoms with Gasteiger partial charge in [-0.1, -0.05) is 30.7 Å². The summed E-state index contributed by atoms with van der Waals surface area (Å²) in [5.74, 6) is 0.855. The van der Waals surface area contributed by atoms with Crippen LogP contribution in [0.4, 0.5) is 13.2 Å². The van der Waals surface area contributed by atoms with Gasteiger partial charge in [0.2, 0.25) is 0 Å². The van der Waals surface area contributed by atoms with Gasteiger partial charge in [0.1, 0.15) is 5.58 Å². The molecule has 3 rings (SSSR count). The van der Waals surface area contributed by atoms with Crippen molar-refractivity contribution in [3.05, 3.63) is 63.5 Å². The van der Waals surface area contributed by atoms with E-state index in [-0.39, 0.29) is 16.1 Å². The molecule has 0 aliphatic rings. The summed E-state index contributed by atoms with van der Waals surface area (Å²) in [5, 5.41) is 0.501. The molecule has 0 aliphatic carbocycles. The fourth-order valence-corrected chi connectivity index (χ4v) is 3.38. The lowest BCUT2D eigenvalue weighted by atomic mass is 10.00. The molecule has 0 saturated carbocycles. The van der Waals surface area contributed by atoms with Crippen LogP contribution in [-0.4, -0.2) is 5.75 Å². The summed E-state index contributed by atoms with van der Waals surface area (Å²) >= 11 is 7.27. The van der Waals surface area contributed by atoms with E-state index in [1.165, 1.54) is 18.2 Å². The molecule has 0 N–H and O–H groups in total. The average molecular weight is 385 g/mol. The highest BCUT2D eigenvalue weighted by Crippen LogP contribution is 2.38. The van der Waals surface area contributed by atoms with Crippen molar-refractivity contribution >= 4 is 34.3 Å². The highest BCUT2D eigenvalue weighted by molar-refractivity contribution is 7.99. The molecule has 0 bridgehead atoms. The van der Waals surface area contributed by atoms with Crippen LogP contribution in [-0.2, 0) is 6.18 Å². The van der Waals surface area contributed by atoms with Gasteiger partial charge in [-0.15, -0.1) is 11.8 Å². The molecule has 1 aromatic heterocycles. The molecule has 2 nitrogen and oxygen atoms in total. The van der Waals surface area contributed by atoms with Crippen LogP contribution >= 0.6 is 23.4 Å². The summed E-state index contributed by atoms with van der Waals surface area (Å²) in [6.45, 7) is 1.99. The van der Waals surface area contributed by atoms with Gasteiger partial charge in [0.05, 0.1) is 11.1 Å². The van der Waals surface area contributed by atoms with Crippen molar-refractivity contribution in [1.29, 1.82) is 0 Å². The Morgan fingerprint density at radius 3 is 2.52 bits per heavy atom. The van der Waals surface area contributed by atoms with Crippen LogP contribution in [0.25, 0.3) is 22.1 Å². The lowest BCUT2D eigenvalue weighted by Gasteiger charge is -2.13. The number of hydrogen-bond acceptors (Lipinski definition) is 3. The summed E-state index contributed by atoms with van der Waals surface area (Å²) in [6, 6.07) is 10.00. The third-order valence-corrected chi connectivity index (χ3v) is 4.71. The molecule has 1 heterocycles. The predicted octanol–water partition coefficient (Wildman–Crippen LogP) is 6.24.